The summed E-state index contributed by atoms with van der Waals surface area (Å²) in [5, 5.41) is 10.9. The normalized spacial score (nSPS) is 12.8. The first-order valence-corrected chi connectivity index (χ1v) is 9.17. The molecule has 1 aromatic carbocycles. The number of rotatable bonds is 6. The number of aromatic nitrogens is 1. The first kappa shape index (κ1) is 17.2. The van der Waals surface area contributed by atoms with Crippen molar-refractivity contribution in [1.29, 1.82) is 0 Å². The van der Waals surface area contributed by atoms with Gasteiger partial charge in [0.25, 0.3) is 0 Å². The molecule has 0 radical (unpaired) electrons. The summed E-state index contributed by atoms with van der Waals surface area (Å²) in [7, 11) is 1.77. The summed E-state index contributed by atoms with van der Waals surface area (Å²) >= 11 is 1.72. The van der Waals surface area contributed by atoms with Crippen LogP contribution >= 0.6 is 11.3 Å². The molecule has 0 aliphatic carbocycles. The van der Waals surface area contributed by atoms with Gasteiger partial charge in [-0.3, -0.25) is 4.99 Å². The number of thiophene rings is 1. The van der Waals surface area contributed by atoms with Gasteiger partial charge in [0.05, 0.1) is 12.2 Å². The molecule has 0 aliphatic rings. The lowest BCUT2D eigenvalue weighted by atomic mass is 10.1. The highest BCUT2D eigenvalue weighted by atomic mass is 32.1. The van der Waals surface area contributed by atoms with E-state index in [1.807, 2.05) is 30.3 Å². The van der Waals surface area contributed by atoms with Gasteiger partial charge < -0.3 is 15.1 Å². The number of benzene rings is 1. The zero-order valence-corrected chi connectivity index (χ0v) is 15.2. The van der Waals surface area contributed by atoms with Crippen LogP contribution in [-0.4, -0.2) is 24.5 Å². The molecule has 0 fully saturated rings. The van der Waals surface area contributed by atoms with Crippen molar-refractivity contribution in [3.8, 4) is 11.5 Å². The van der Waals surface area contributed by atoms with Crippen molar-refractivity contribution in [2.45, 2.75) is 19.4 Å². The monoisotopic (exact) mass is 354 g/mol. The van der Waals surface area contributed by atoms with Gasteiger partial charge in [-0.15, -0.1) is 0 Å². The number of oxazole rings is 1. The van der Waals surface area contributed by atoms with Gasteiger partial charge in [-0.1, -0.05) is 25.1 Å². The fraction of sp³-hybridized carbons (Fsp3) is 0.263. The summed E-state index contributed by atoms with van der Waals surface area (Å²) in [6.45, 7) is 3.58. The zero-order chi connectivity index (χ0) is 17.5. The predicted molar refractivity (Wildman–Crippen MR) is 103 cm³/mol. The van der Waals surface area contributed by atoms with Gasteiger partial charge in [-0.25, -0.2) is 4.98 Å². The second-order valence-electron chi connectivity index (χ2n) is 5.77. The van der Waals surface area contributed by atoms with E-state index in [9.17, 15) is 0 Å². The fourth-order valence-corrected chi connectivity index (χ4v) is 3.20. The Bertz CT molecular complexity index is 796. The minimum atomic E-state index is 0.432. The lowest BCUT2D eigenvalue weighted by Crippen LogP contribution is -2.38. The van der Waals surface area contributed by atoms with Crippen molar-refractivity contribution in [3.05, 3.63) is 64.7 Å². The number of guanidine groups is 1. The molecule has 0 amide bonds. The molecule has 2 N–H and O–H groups in total. The van der Waals surface area contributed by atoms with Crippen molar-refractivity contribution in [2.75, 3.05) is 13.6 Å². The maximum Gasteiger partial charge on any atom is 0.226 e. The first-order chi connectivity index (χ1) is 12.3. The predicted octanol–water partition coefficient (Wildman–Crippen LogP) is 3.87. The van der Waals surface area contributed by atoms with Gasteiger partial charge in [0, 0.05) is 19.2 Å². The van der Waals surface area contributed by atoms with Crippen LogP contribution in [0.15, 0.2) is 62.8 Å². The smallest absolute Gasteiger partial charge is 0.226 e. The third-order valence-corrected chi connectivity index (χ3v) is 4.62. The maximum absolute atomic E-state index is 5.55. The SMILES string of the molecule is CN=C(NCc1coc(-c2ccccc2)n1)NCC(C)c1ccsc1. The van der Waals surface area contributed by atoms with Gasteiger partial charge in [-0.05, 0) is 40.4 Å². The molecular formula is C19H22N4OS. The van der Waals surface area contributed by atoms with E-state index in [-0.39, 0.29) is 0 Å². The summed E-state index contributed by atoms with van der Waals surface area (Å²) in [5.74, 6) is 1.82. The Kier molecular flexibility index (Phi) is 5.85. The second-order valence-corrected chi connectivity index (χ2v) is 6.55. The average molecular weight is 354 g/mol. The maximum atomic E-state index is 5.55. The van der Waals surface area contributed by atoms with Gasteiger partial charge in [0.1, 0.15) is 6.26 Å². The van der Waals surface area contributed by atoms with E-state index in [0.29, 0.717) is 18.4 Å². The average Bonchev–Trinajstić information content (AvgIpc) is 3.34. The lowest BCUT2D eigenvalue weighted by molar-refractivity contribution is 0.572. The molecule has 130 valence electrons. The largest absolute Gasteiger partial charge is 0.444 e. The van der Waals surface area contributed by atoms with E-state index < -0.39 is 0 Å². The molecule has 5 nitrogen and oxygen atoms in total. The number of hydrogen-bond donors (Lipinski definition) is 2. The molecule has 0 aliphatic heterocycles. The quantitative estimate of drug-likeness (QED) is 0.521. The Morgan fingerprint density at radius 3 is 2.80 bits per heavy atom. The minimum absolute atomic E-state index is 0.432. The summed E-state index contributed by atoms with van der Waals surface area (Å²) < 4.78 is 5.55. The fourth-order valence-electron chi connectivity index (χ4n) is 2.42. The molecule has 0 spiro atoms. The molecular weight excluding hydrogens is 332 g/mol. The van der Waals surface area contributed by atoms with Crippen LogP contribution in [0.1, 0.15) is 24.1 Å². The van der Waals surface area contributed by atoms with Crippen LogP contribution in [0.3, 0.4) is 0 Å². The van der Waals surface area contributed by atoms with Crippen LogP contribution in [0.25, 0.3) is 11.5 Å². The number of nitrogens with zero attached hydrogens (tertiary/aromatic N) is 2. The molecule has 25 heavy (non-hydrogen) atoms. The van der Waals surface area contributed by atoms with Gasteiger partial charge in [0.15, 0.2) is 5.96 Å². The summed E-state index contributed by atoms with van der Waals surface area (Å²) in [5.41, 5.74) is 3.16. The summed E-state index contributed by atoms with van der Waals surface area (Å²) in [4.78, 5) is 8.77. The van der Waals surface area contributed by atoms with Crippen molar-refractivity contribution in [3.63, 3.8) is 0 Å². The number of hydrogen-bond acceptors (Lipinski definition) is 4. The molecule has 2 aromatic heterocycles. The van der Waals surface area contributed by atoms with Crippen molar-refractivity contribution in [2.24, 2.45) is 4.99 Å². The Balaban J connectivity index is 1.51. The molecule has 0 saturated carbocycles. The molecule has 6 heteroatoms. The minimum Gasteiger partial charge on any atom is -0.444 e. The Hall–Kier alpha value is -2.60. The van der Waals surface area contributed by atoms with Crippen molar-refractivity contribution >= 4 is 17.3 Å². The Morgan fingerprint density at radius 2 is 2.08 bits per heavy atom. The van der Waals surface area contributed by atoms with E-state index in [2.05, 4.69) is 44.4 Å². The molecule has 0 saturated heterocycles. The van der Waals surface area contributed by atoms with Crippen molar-refractivity contribution in [1.82, 2.24) is 15.6 Å². The molecule has 1 unspecified atom stereocenters. The van der Waals surface area contributed by atoms with Gasteiger partial charge >= 0.3 is 0 Å². The number of aliphatic imine (C=N–C) groups is 1. The summed E-state index contributed by atoms with van der Waals surface area (Å²) in [6, 6.07) is 12.0. The van der Waals surface area contributed by atoms with Gasteiger partial charge in [-0.2, -0.15) is 11.3 Å². The number of nitrogens with one attached hydrogen (secondary N) is 2. The van der Waals surface area contributed by atoms with E-state index in [4.69, 9.17) is 4.42 Å². The Labute approximate surface area is 151 Å². The standard InChI is InChI=1S/C19H22N4OS/c1-14(16-8-9-25-13-16)10-21-19(20-2)22-11-17-12-24-18(23-17)15-6-4-3-5-7-15/h3-9,12-14H,10-11H2,1-2H3,(H2,20,21,22). The van der Waals surface area contributed by atoms with Crippen LogP contribution in [0.2, 0.25) is 0 Å². The summed E-state index contributed by atoms with van der Waals surface area (Å²) in [6.07, 6.45) is 1.68. The van der Waals surface area contributed by atoms with E-state index in [1.165, 1.54) is 5.56 Å². The first-order valence-electron chi connectivity index (χ1n) is 8.22. The van der Waals surface area contributed by atoms with E-state index in [1.54, 1.807) is 24.6 Å². The van der Waals surface area contributed by atoms with Crippen LogP contribution in [0.5, 0.6) is 0 Å². The van der Waals surface area contributed by atoms with E-state index in [0.717, 1.165) is 23.8 Å². The van der Waals surface area contributed by atoms with Crippen LogP contribution in [0.4, 0.5) is 0 Å². The van der Waals surface area contributed by atoms with E-state index >= 15 is 0 Å². The zero-order valence-electron chi connectivity index (χ0n) is 14.4. The molecule has 3 aromatic rings. The lowest BCUT2D eigenvalue weighted by Gasteiger charge is -2.14. The van der Waals surface area contributed by atoms with Crippen molar-refractivity contribution < 1.29 is 4.42 Å². The third kappa shape index (κ3) is 4.70. The second kappa shape index (κ2) is 8.48. The highest BCUT2D eigenvalue weighted by molar-refractivity contribution is 7.07. The molecule has 0 bridgehead atoms. The topological polar surface area (TPSA) is 62.5 Å². The molecule has 3 rings (SSSR count). The molecule has 2 heterocycles. The van der Waals surface area contributed by atoms with Crippen LogP contribution in [0, 0.1) is 0 Å². The highest BCUT2D eigenvalue weighted by Crippen LogP contribution is 2.18. The Morgan fingerprint density at radius 1 is 1.24 bits per heavy atom. The van der Waals surface area contributed by atoms with Crippen LogP contribution in [-0.2, 0) is 6.54 Å². The van der Waals surface area contributed by atoms with Crippen LogP contribution < -0.4 is 10.6 Å². The van der Waals surface area contributed by atoms with Gasteiger partial charge in [0.2, 0.25) is 5.89 Å². The highest BCUT2D eigenvalue weighted by Gasteiger charge is 2.09. The molecule has 1 atom stereocenters. The third-order valence-electron chi connectivity index (χ3n) is 3.92.